The molecule has 0 rings (SSSR count). The number of rotatable bonds is 6. The summed E-state index contributed by atoms with van der Waals surface area (Å²) in [5, 5.41) is 0. The van der Waals surface area contributed by atoms with Gasteiger partial charge in [0.15, 0.2) is 0 Å². The Bertz CT molecular complexity index is 130. The predicted octanol–water partition coefficient (Wildman–Crippen LogP) is 4.49. The first-order valence-electron chi connectivity index (χ1n) is 5.28. The third-order valence-electron chi connectivity index (χ3n) is 2.62. The van der Waals surface area contributed by atoms with E-state index in [4.69, 9.17) is 0 Å². The summed E-state index contributed by atoms with van der Waals surface area (Å²) in [6.45, 7) is 7.60. The molecule has 0 nitrogen and oxygen atoms in total. The van der Waals surface area contributed by atoms with E-state index in [1.54, 1.807) is 6.92 Å². The van der Waals surface area contributed by atoms with Gasteiger partial charge >= 0.3 is 0 Å². The molecule has 0 heterocycles. The fraction of sp³-hybridized carbons (Fsp3) is 1.00. The Morgan fingerprint density at radius 2 is 1.69 bits per heavy atom. The summed E-state index contributed by atoms with van der Waals surface area (Å²) in [4.78, 5) is 0. The van der Waals surface area contributed by atoms with Crippen molar-refractivity contribution in [2.75, 3.05) is 0 Å². The second-order valence-electron chi connectivity index (χ2n) is 4.36. The molecule has 1 atom stereocenters. The lowest BCUT2D eigenvalue weighted by atomic mass is 9.94. The highest BCUT2D eigenvalue weighted by Gasteiger charge is 2.34. The molecule has 0 amide bonds. The normalized spacial score (nSPS) is 15.0. The highest BCUT2D eigenvalue weighted by Crippen LogP contribution is 2.32. The van der Waals surface area contributed by atoms with Crippen LogP contribution < -0.4 is 0 Å². The molecule has 0 saturated heterocycles. The summed E-state index contributed by atoms with van der Waals surface area (Å²) >= 11 is 0. The number of halogens is 2. The van der Waals surface area contributed by atoms with Gasteiger partial charge in [-0.1, -0.05) is 34.1 Å². The van der Waals surface area contributed by atoms with Crippen LogP contribution >= 0.6 is 0 Å². The third-order valence-corrected chi connectivity index (χ3v) is 2.62. The Morgan fingerprint density at radius 3 is 2.08 bits per heavy atom. The van der Waals surface area contributed by atoms with Gasteiger partial charge in [0.2, 0.25) is 0 Å². The Kier molecular flexibility index (Phi) is 5.50. The molecular weight excluding hydrogens is 170 g/mol. The van der Waals surface area contributed by atoms with E-state index in [-0.39, 0.29) is 6.42 Å². The van der Waals surface area contributed by atoms with Crippen LogP contribution in [-0.4, -0.2) is 5.92 Å². The lowest BCUT2D eigenvalue weighted by molar-refractivity contribution is -0.0620. The van der Waals surface area contributed by atoms with Crippen molar-refractivity contribution in [3.63, 3.8) is 0 Å². The van der Waals surface area contributed by atoms with Crippen LogP contribution in [0.4, 0.5) is 8.78 Å². The first kappa shape index (κ1) is 12.9. The molecule has 0 aromatic heterocycles. The first-order valence-corrected chi connectivity index (χ1v) is 5.28. The van der Waals surface area contributed by atoms with Crippen molar-refractivity contribution in [1.82, 2.24) is 0 Å². The molecule has 0 aliphatic carbocycles. The molecule has 2 heteroatoms. The fourth-order valence-electron chi connectivity index (χ4n) is 1.29. The zero-order chi connectivity index (χ0) is 10.5. The molecule has 0 aromatic carbocycles. The van der Waals surface area contributed by atoms with Crippen LogP contribution in [0.1, 0.15) is 53.4 Å². The SMILES string of the molecule is CCC(C)C(F)(F)CCCC(C)C. The van der Waals surface area contributed by atoms with E-state index in [1.165, 1.54) is 0 Å². The molecule has 0 fully saturated rings. The Labute approximate surface area is 80.7 Å². The monoisotopic (exact) mass is 192 g/mol. The molecule has 0 N–H and O–H groups in total. The molecule has 1 unspecified atom stereocenters. The average molecular weight is 192 g/mol. The molecule has 80 valence electrons. The maximum Gasteiger partial charge on any atom is 0.250 e. The quantitative estimate of drug-likeness (QED) is 0.581. The van der Waals surface area contributed by atoms with Gasteiger partial charge in [-0.15, -0.1) is 0 Å². The van der Waals surface area contributed by atoms with Gasteiger partial charge in [-0.25, -0.2) is 8.78 Å². The average Bonchev–Trinajstić information content (AvgIpc) is 2.01. The van der Waals surface area contributed by atoms with E-state index in [0.29, 0.717) is 18.8 Å². The van der Waals surface area contributed by atoms with Crippen molar-refractivity contribution in [3.05, 3.63) is 0 Å². The summed E-state index contributed by atoms with van der Waals surface area (Å²) < 4.78 is 26.5. The summed E-state index contributed by atoms with van der Waals surface area (Å²) in [5.41, 5.74) is 0. The fourth-order valence-corrected chi connectivity index (χ4v) is 1.29. The van der Waals surface area contributed by atoms with Gasteiger partial charge in [0.25, 0.3) is 5.92 Å². The van der Waals surface area contributed by atoms with Crippen LogP contribution in [0.2, 0.25) is 0 Å². The smallest absolute Gasteiger partial charge is 0.207 e. The van der Waals surface area contributed by atoms with Crippen molar-refractivity contribution >= 4 is 0 Å². The molecule has 0 aliphatic heterocycles. The van der Waals surface area contributed by atoms with E-state index >= 15 is 0 Å². The lowest BCUT2D eigenvalue weighted by Gasteiger charge is -2.22. The van der Waals surface area contributed by atoms with Gasteiger partial charge in [0, 0.05) is 12.3 Å². The van der Waals surface area contributed by atoms with Crippen molar-refractivity contribution < 1.29 is 8.78 Å². The summed E-state index contributed by atoms with van der Waals surface area (Å²) in [5.74, 6) is -2.39. The maximum atomic E-state index is 13.3. The standard InChI is InChI=1S/C11H22F2/c1-5-10(4)11(12,13)8-6-7-9(2)3/h9-10H,5-8H2,1-4H3. The minimum atomic E-state index is -2.45. The van der Waals surface area contributed by atoms with E-state index in [0.717, 1.165) is 6.42 Å². The zero-order valence-corrected chi connectivity index (χ0v) is 9.24. The van der Waals surface area contributed by atoms with Crippen molar-refractivity contribution in [2.24, 2.45) is 11.8 Å². The number of hydrogen-bond acceptors (Lipinski definition) is 0. The Hall–Kier alpha value is -0.140. The van der Waals surface area contributed by atoms with Gasteiger partial charge in [-0.2, -0.15) is 0 Å². The van der Waals surface area contributed by atoms with E-state index in [1.807, 2.05) is 6.92 Å². The molecule has 0 bridgehead atoms. The van der Waals surface area contributed by atoms with Crippen molar-refractivity contribution in [2.45, 2.75) is 59.3 Å². The molecule has 0 saturated carbocycles. The van der Waals surface area contributed by atoms with Crippen LogP contribution in [0.5, 0.6) is 0 Å². The largest absolute Gasteiger partial charge is 0.250 e. The van der Waals surface area contributed by atoms with Gasteiger partial charge < -0.3 is 0 Å². The van der Waals surface area contributed by atoms with Crippen molar-refractivity contribution in [3.8, 4) is 0 Å². The van der Waals surface area contributed by atoms with Gasteiger partial charge in [-0.3, -0.25) is 0 Å². The second-order valence-corrected chi connectivity index (χ2v) is 4.36. The van der Waals surface area contributed by atoms with Gasteiger partial charge in [0.05, 0.1) is 0 Å². The van der Waals surface area contributed by atoms with Crippen LogP contribution in [0, 0.1) is 11.8 Å². The molecule has 0 aromatic rings. The summed E-state index contributed by atoms with van der Waals surface area (Å²) in [6.07, 6.45) is 2.18. The van der Waals surface area contributed by atoms with E-state index in [2.05, 4.69) is 13.8 Å². The molecular formula is C11H22F2. The highest BCUT2D eigenvalue weighted by molar-refractivity contribution is 4.72. The van der Waals surface area contributed by atoms with E-state index in [9.17, 15) is 8.78 Å². The molecule has 13 heavy (non-hydrogen) atoms. The highest BCUT2D eigenvalue weighted by atomic mass is 19.3. The minimum Gasteiger partial charge on any atom is -0.207 e. The molecule has 0 spiro atoms. The summed E-state index contributed by atoms with van der Waals surface area (Å²) in [6, 6.07) is 0. The minimum absolute atomic E-state index is 0.0557. The van der Waals surface area contributed by atoms with Crippen LogP contribution in [0.25, 0.3) is 0 Å². The number of hydrogen-bond donors (Lipinski definition) is 0. The second kappa shape index (κ2) is 5.56. The van der Waals surface area contributed by atoms with Crippen LogP contribution in [0.3, 0.4) is 0 Å². The van der Waals surface area contributed by atoms with Crippen LogP contribution in [0.15, 0.2) is 0 Å². The molecule has 0 radical (unpaired) electrons. The lowest BCUT2D eigenvalue weighted by Crippen LogP contribution is -2.25. The van der Waals surface area contributed by atoms with Gasteiger partial charge in [0.1, 0.15) is 0 Å². The molecule has 0 aliphatic rings. The third kappa shape index (κ3) is 5.22. The predicted molar refractivity (Wildman–Crippen MR) is 53.1 cm³/mol. The van der Waals surface area contributed by atoms with E-state index < -0.39 is 11.8 Å². The number of alkyl halides is 2. The van der Waals surface area contributed by atoms with Crippen molar-refractivity contribution in [1.29, 1.82) is 0 Å². The zero-order valence-electron chi connectivity index (χ0n) is 9.24. The first-order chi connectivity index (χ1) is 5.90. The summed E-state index contributed by atoms with van der Waals surface area (Å²) in [7, 11) is 0. The van der Waals surface area contributed by atoms with Gasteiger partial charge in [-0.05, 0) is 18.8 Å². The van der Waals surface area contributed by atoms with Crippen LogP contribution in [-0.2, 0) is 0 Å². The Balaban J connectivity index is 3.75. The topological polar surface area (TPSA) is 0 Å². The Morgan fingerprint density at radius 1 is 1.15 bits per heavy atom. The maximum absolute atomic E-state index is 13.3.